The average Bonchev–Trinajstić information content (AvgIpc) is 3.27. The van der Waals surface area contributed by atoms with Crippen molar-refractivity contribution in [1.82, 2.24) is 5.32 Å². The Labute approximate surface area is 150 Å². The van der Waals surface area contributed by atoms with Gasteiger partial charge in [-0.05, 0) is 59.9 Å². The van der Waals surface area contributed by atoms with Gasteiger partial charge in [-0.25, -0.2) is 4.39 Å². The summed E-state index contributed by atoms with van der Waals surface area (Å²) in [7, 11) is 0. The molecule has 0 radical (unpaired) electrons. The smallest absolute Gasteiger partial charge is 0.313 e. The third-order valence-corrected chi connectivity index (χ3v) is 5.60. The molecule has 1 aliphatic carbocycles. The normalized spacial score (nSPS) is 15.8. The SMILES string of the molecule is Cc1ccc(NC(=O)C(=O)NCC2(c3ccsc3)CCCC2)cc1F. The van der Waals surface area contributed by atoms with Crippen LogP contribution in [0.4, 0.5) is 10.1 Å². The molecule has 25 heavy (non-hydrogen) atoms. The maximum absolute atomic E-state index is 13.5. The zero-order valence-corrected chi connectivity index (χ0v) is 14.9. The van der Waals surface area contributed by atoms with E-state index in [0.29, 0.717) is 12.1 Å². The number of rotatable bonds is 4. The molecular formula is C19H21FN2O2S. The number of thiophene rings is 1. The van der Waals surface area contributed by atoms with Crippen LogP contribution in [0.5, 0.6) is 0 Å². The van der Waals surface area contributed by atoms with Crippen LogP contribution < -0.4 is 10.6 Å². The van der Waals surface area contributed by atoms with E-state index in [9.17, 15) is 14.0 Å². The first-order valence-electron chi connectivity index (χ1n) is 8.38. The summed E-state index contributed by atoms with van der Waals surface area (Å²) in [6.07, 6.45) is 4.27. The van der Waals surface area contributed by atoms with Gasteiger partial charge in [0.2, 0.25) is 0 Å². The predicted octanol–water partition coefficient (Wildman–Crippen LogP) is 3.76. The second kappa shape index (κ2) is 7.35. The third-order valence-electron chi connectivity index (χ3n) is 4.92. The highest BCUT2D eigenvalue weighted by Crippen LogP contribution is 2.41. The fourth-order valence-electron chi connectivity index (χ4n) is 3.37. The summed E-state index contributed by atoms with van der Waals surface area (Å²) in [6.45, 7) is 2.08. The molecule has 2 amide bonds. The highest BCUT2D eigenvalue weighted by Gasteiger charge is 2.36. The lowest BCUT2D eigenvalue weighted by Crippen LogP contribution is -2.43. The largest absolute Gasteiger partial charge is 0.347 e. The van der Waals surface area contributed by atoms with Crippen molar-refractivity contribution >= 4 is 28.8 Å². The number of carbonyl (C=O) groups is 2. The van der Waals surface area contributed by atoms with Crippen LogP contribution in [0.25, 0.3) is 0 Å². The number of hydrogen-bond acceptors (Lipinski definition) is 3. The minimum Gasteiger partial charge on any atom is -0.347 e. The molecule has 1 saturated carbocycles. The van der Waals surface area contributed by atoms with E-state index in [1.165, 1.54) is 11.6 Å². The molecule has 0 aliphatic heterocycles. The molecule has 1 heterocycles. The van der Waals surface area contributed by atoms with E-state index in [-0.39, 0.29) is 11.1 Å². The van der Waals surface area contributed by atoms with Gasteiger partial charge < -0.3 is 10.6 Å². The van der Waals surface area contributed by atoms with Crippen LogP contribution in [-0.4, -0.2) is 18.4 Å². The lowest BCUT2D eigenvalue weighted by atomic mass is 9.80. The highest BCUT2D eigenvalue weighted by atomic mass is 32.1. The van der Waals surface area contributed by atoms with E-state index < -0.39 is 17.6 Å². The summed E-state index contributed by atoms with van der Waals surface area (Å²) >= 11 is 1.64. The van der Waals surface area contributed by atoms with Crippen LogP contribution in [0.1, 0.15) is 36.8 Å². The number of benzene rings is 1. The summed E-state index contributed by atoms with van der Waals surface area (Å²) < 4.78 is 13.5. The van der Waals surface area contributed by atoms with Crippen molar-refractivity contribution in [3.63, 3.8) is 0 Å². The van der Waals surface area contributed by atoms with Crippen molar-refractivity contribution in [3.05, 3.63) is 52.0 Å². The van der Waals surface area contributed by atoms with Crippen molar-refractivity contribution in [2.24, 2.45) is 0 Å². The summed E-state index contributed by atoms with van der Waals surface area (Å²) in [4.78, 5) is 24.2. The van der Waals surface area contributed by atoms with Gasteiger partial charge >= 0.3 is 11.8 Å². The molecule has 6 heteroatoms. The number of nitrogens with one attached hydrogen (secondary N) is 2. The molecule has 0 spiro atoms. The molecule has 0 atom stereocenters. The van der Waals surface area contributed by atoms with Gasteiger partial charge in [0, 0.05) is 17.6 Å². The Morgan fingerprint density at radius 1 is 1.20 bits per heavy atom. The molecule has 0 bridgehead atoms. The minimum atomic E-state index is -0.776. The van der Waals surface area contributed by atoms with Crippen molar-refractivity contribution < 1.29 is 14.0 Å². The van der Waals surface area contributed by atoms with Crippen molar-refractivity contribution in [2.75, 3.05) is 11.9 Å². The van der Waals surface area contributed by atoms with Gasteiger partial charge in [0.15, 0.2) is 0 Å². The zero-order valence-electron chi connectivity index (χ0n) is 14.1. The molecule has 2 aromatic rings. The molecule has 1 aromatic carbocycles. The summed E-state index contributed by atoms with van der Waals surface area (Å²) in [6, 6.07) is 6.45. The van der Waals surface area contributed by atoms with Crippen LogP contribution in [-0.2, 0) is 15.0 Å². The fraction of sp³-hybridized carbons (Fsp3) is 0.368. The van der Waals surface area contributed by atoms with Crippen LogP contribution in [0, 0.1) is 12.7 Å². The summed E-state index contributed by atoms with van der Waals surface area (Å²) in [5, 5.41) is 9.36. The Morgan fingerprint density at radius 2 is 1.96 bits per heavy atom. The Hall–Kier alpha value is -2.21. The summed E-state index contributed by atoms with van der Waals surface area (Å²) in [5.41, 5.74) is 1.92. The Morgan fingerprint density at radius 3 is 2.60 bits per heavy atom. The number of anilines is 1. The van der Waals surface area contributed by atoms with Gasteiger partial charge in [-0.15, -0.1) is 0 Å². The zero-order chi connectivity index (χ0) is 17.9. The van der Waals surface area contributed by atoms with Crippen molar-refractivity contribution in [1.29, 1.82) is 0 Å². The molecule has 1 aromatic heterocycles. The van der Waals surface area contributed by atoms with Gasteiger partial charge in [0.05, 0.1) is 0 Å². The lowest BCUT2D eigenvalue weighted by molar-refractivity contribution is -0.136. The second-order valence-corrected chi connectivity index (χ2v) is 7.38. The predicted molar refractivity (Wildman–Crippen MR) is 97.2 cm³/mol. The Bertz CT molecular complexity index is 768. The van der Waals surface area contributed by atoms with Crippen LogP contribution in [0.2, 0.25) is 0 Å². The molecule has 0 unspecified atom stereocenters. The average molecular weight is 360 g/mol. The first kappa shape index (κ1) is 17.6. The number of carbonyl (C=O) groups excluding carboxylic acids is 2. The third kappa shape index (κ3) is 3.90. The van der Waals surface area contributed by atoms with Gasteiger partial charge in [0.25, 0.3) is 0 Å². The van der Waals surface area contributed by atoms with Gasteiger partial charge in [-0.1, -0.05) is 18.9 Å². The van der Waals surface area contributed by atoms with Gasteiger partial charge in [0.1, 0.15) is 5.82 Å². The minimum absolute atomic E-state index is 0.0775. The second-order valence-electron chi connectivity index (χ2n) is 6.60. The van der Waals surface area contributed by atoms with E-state index >= 15 is 0 Å². The number of amides is 2. The van der Waals surface area contributed by atoms with Crippen molar-refractivity contribution in [3.8, 4) is 0 Å². The molecule has 2 N–H and O–H groups in total. The molecule has 0 saturated heterocycles. The van der Waals surface area contributed by atoms with Crippen LogP contribution >= 0.6 is 11.3 Å². The lowest BCUT2D eigenvalue weighted by Gasteiger charge is -2.28. The number of aryl methyl sites for hydroxylation is 1. The Kier molecular flexibility index (Phi) is 5.18. The van der Waals surface area contributed by atoms with Crippen LogP contribution in [0.3, 0.4) is 0 Å². The molecule has 1 aliphatic rings. The highest BCUT2D eigenvalue weighted by molar-refractivity contribution is 7.08. The van der Waals surface area contributed by atoms with E-state index in [0.717, 1.165) is 25.7 Å². The maximum atomic E-state index is 13.5. The van der Waals surface area contributed by atoms with Gasteiger partial charge in [-0.2, -0.15) is 11.3 Å². The van der Waals surface area contributed by atoms with Crippen molar-refractivity contribution in [2.45, 2.75) is 38.0 Å². The topological polar surface area (TPSA) is 58.2 Å². The molecule has 132 valence electrons. The molecule has 1 fully saturated rings. The standard InChI is InChI=1S/C19H21FN2O2S/c1-13-4-5-15(10-16(13)20)22-18(24)17(23)21-12-19(7-2-3-8-19)14-6-9-25-11-14/h4-6,9-11H,2-3,7-8,12H2,1H3,(H,21,23)(H,22,24). The fourth-order valence-corrected chi connectivity index (χ4v) is 4.15. The number of halogens is 1. The maximum Gasteiger partial charge on any atom is 0.313 e. The van der Waals surface area contributed by atoms with E-state index in [1.54, 1.807) is 30.4 Å². The monoisotopic (exact) mass is 360 g/mol. The molecule has 4 nitrogen and oxygen atoms in total. The van der Waals surface area contributed by atoms with E-state index in [1.807, 2.05) is 5.38 Å². The van der Waals surface area contributed by atoms with E-state index in [2.05, 4.69) is 22.1 Å². The number of hydrogen-bond donors (Lipinski definition) is 2. The molecular weight excluding hydrogens is 339 g/mol. The van der Waals surface area contributed by atoms with E-state index in [4.69, 9.17) is 0 Å². The quantitative estimate of drug-likeness (QED) is 0.816. The first-order valence-corrected chi connectivity index (χ1v) is 9.32. The molecule has 3 rings (SSSR count). The first-order chi connectivity index (χ1) is 12.0. The summed E-state index contributed by atoms with van der Waals surface area (Å²) in [5.74, 6) is -1.88. The van der Waals surface area contributed by atoms with Gasteiger partial charge in [-0.3, -0.25) is 9.59 Å². The van der Waals surface area contributed by atoms with Crippen LogP contribution in [0.15, 0.2) is 35.0 Å². The Balaban J connectivity index is 1.61.